The zero-order valence-corrected chi connectivity index (χ0v) is 15.1. The third-order valence-electron chi connectivity index (χ3n) is 3.20. The topological polar surface area (TPSA) is 34.1 Å². The molecule has 2 rings (SSSR count). The van der Waals surface area contributed by atoms with Gasteiger partial charge < -0.3 is 10.1 Å². The number of hydrogen-bond donors (Lipinski definition) is 1. The molecule has 0 bridgehead atoms. The Balaban J connectivity index is 2.07. The van der Waals surface area contributed by atoms with E-state index >= 15 is 0 Å². The summed E-state index contributed by atoms with van der Waals surface area (Å²) in [6, 6.07) is 6.15. The molecule has 21 heavy (non-hydrogen) atoms. The maximum Gasteiger partial charge on any atom is 0.140 e. The number of nitrogens with one attached hydrogen (secondary N) is 1. The van der Waals surface area contributed by atoms with Crippen molar-refractivity contribution in [1.82, 2.24) is 10.3 Å². The Morgan fingerprint density at radius 2 is 2.14 bits per heavy atom. The average Bonchev–Trinajstić information content (AvgIpc) is 2.77. The molecule has 0 unspecified atom stereocenters. The summed E-state index contributed by atoms with van der Waals surface area (Å²) in [5, 5.41) is 4.44. The molecule has 1 aromatic heterocycles. The molecule has 0 saturated heterocycles. The molecule has 0 atom stereocenters. The van der Waals surface area contributed by atoms with Gasteiger partial charge in [0.1, 0.15) is 17.4 Å². The Morgan fingerprint density at radius 1 is 1.33 bits per heavy atom. The van der Waals surface area contributed by atoms with Gasteiger partial charge in [0.25, 0.3) is 0 Å². The zero-order chi connectivity index (χ0) is 15.2. The van der Waals surface area contributed by atoms with Crippen molar-refractivity contribution in [2.45, 2.75) is 40.3 Å². The Morgan fingerprint density at radius 3 is 2.81 bits per heavy atom. The number of para-hydroxylation sites is 1. The van der Waals surface area contributed by atoms with Gasteiger partial charge in [0.05, 0.1) is 10.2 Å². The number of aryl methyl sites for hydroxylation is 2. The van der Waals surface area contributed by atoms with E-state index in [4.69, 9.17) is 4.74 Å². The van der Waals surface area contributed by atoms with E-state index in [9.17, 15) is 0 Å². The molecule has 3 nitrogen and oxygen atoms in total. The monoisotopic (exact) mass is 368 g/mol. The molecule has 1 heterocycles. The second-order valence-corrected chi connectivity index (χ2v) is 7.08. The van der Waals surface area contributed by atoms with Gasteiger partial charge >= 0.3 is 0 Å². The van der Waals surface area contributed by atoms with Crippen LogP contribution in [0.15, 0.2) is 22.7 Å². The van der Waals surface area contributed by atoms with Gasteiger partial charge in [-0.05, 0) is 48.8 Å². The van der Waals surface area contributed by atoms with Crippen LogP contribution in [0.4, 0.5) is 0 Å². The summed E-state index contributed by atoms with van der Waals surface area (Å²) in [6.07, 6.45) is 1.13. The van der Waals surface area contributed by atoms with Crippen LogP contribution in [-0.2, 0) is 13.2 Å². The SMILES string of the molecule is CCCNCc1cccc(Br)c1OCc1nc(C)c(C)s1. The molecule has 0 aliphatic rings. The first-order chi connectivity index (χ1) is 10.1. The summed E-state index contributed by atoms with van der Waals surface area (Å²) in [5.41, 5.74) is 2.26. The minimum absolute atomic E-state index is 0.517. The van der Waals surface area contributed by atoms with Crippen LogP contribution in [0.3, 0.4) is 0 Å². The van der Waals surface area contributed by atoms with Crippen LogP contribution in [-0.4, -0.2) is 11.5 Å². The molecule has 1 aromatic carbocycles. The van der Waals surface area contributed by atoms with Gasteiger partial charge in [0, 0.05) is 17.0 Å². The molecule has 0 saturated carbocycles. The lowest BCUT2D eigenvalue weighted by atomic mass is 10.2. The maximum absolute atomic E-state index is 6.01. The van der Waals surface area contributed by atoms with Crippen LogP contribution in [0.5, 0.6) is 5.75 Å². The number of hydrogen-bond acceptors (Lipinski definition) is 4. The highest BCUT2D eigenvalue weighted by molar-refractivity contribution is 9.10. The van der Waals surface area contributed by atoms with Crippen LogP contribution in [0, 0.1) is 13.8 Å². The molecular weight excluding hydrogens is 348 g/mol. The summed E-state index contributed by atoms with van der Waals surface area (Å²) in [5.74, 6) is 0.909. The van der Waals surface area contributed by atoms with Crippen LogP contribution in [0.1, 0.15) is 34.5 Å². The molecule has 1 N–H and O–H groups in total. The third kappa shape index (κ3) is 4.53. The fraction of sp³-hybridized carbons (Fsp3) is 0.438. The van der Waals surface area contributed by atoms with E-state index in [0.717, 1.165) is 40.4 Å². The molecule has 0 aliphatic carbocycles. The van der Waals surface area contributed by atoms with E-state index in [-0.39, 0.29) is 0 Å². The number of halogens is 1. The van der Waals surface area contributed by atoms with E-state index in [2.05, 4.69) is 46.1 Å². The minimum atomic E-state index is 0.517. The largest absolute Gasteiger partial charge is 0.485 e. The highest BCUT2D eigenvalue weighted by Gasteiger charge is 2.10. The van der Waals surface area contributed by atoms with E-state index in [0.29, 0.717) is 6.61 Å². The van der Waals surface area contributed by atoms with Gasteiger partial charge in [-0.15, -0.1) is 11.3 Å². The molecular formula is C16H21BrN2OS. The molecule has 0 spiro atoms. The van der Waals surface area contributed by atoms with Crippen molar-refractivity contribution < 1.29 is 4.74 Å². The van der Waals surface area contributed by atoms with Crippen molar-refractivity contribution in [3.05, 3.63) is 43.8 Å². The number of nitrogens with zero attached hydrogens (tertiary/aromatic N) is 1. The molecule has 114 valence electrons. The first-order valence-corrected chi connectivity index (χ1v) is 8.76. The Labute approximate surface area is 138 Å². The lowest BCUT2D eigenvalue weighted by molar-refractivity contribution is 0.299. The van der Waals surface area contributed by atoms with Crippen molar-refractivity contribution >= 4 is 27.3 Å². The van der Waals surface area contributed by atoms with Crippen LogP contribution >= 0.6 is 27.3 Å². The molecule has 0 amide bonds. The van der Waals surface area contributed by atoms with E-state index in [1.165, 1.54) is 10.4 Å². The van der Waals surface area contributed by atoms with Crippen LogP contribution in [0.25, 0.3) is 0 Å². The Kier molecular flexibility index (Phi) is 6.21. The van der Waals surface area contributed by atoms with E-state index in [1.54, 1.807) is 11.3 Å². The summed E-state index contributed by atoms with van der Waals surface area (Å²) in [6.45, 7) is 8.64. The van der Waals surface area contributed by atoms with Gasteiger partial charge in [-0.3, -0.25) is 0 Å². The number of ether oxygens (including phenoxy) is 1. The van der Waals surface area contributed by atoms with Crippen LogP contribution in [0.2, 0.25) is 0 Å². The van der Waals surface area contributed by atoms with E-state index < -0.39 is 0 Å². The molecule has 0 fully saturated rings. The third-order valence-corrected chi connectivity index (χ3v) is 4.87. The molecule has 0 radical (unpaired) electrons. The Hall–Kier alpha value is -0.910. The van der Waals surface area contributed by atoms with Crippen molar-refractivity contribution in [3.8, 4) is 5.75 Å². The quantitative estimate of drug-likeness (QED) is 0.725. The molecule has 2 aromatic rings. The van der Waals surface area contributed by atoms with Gasteiger partial charge in [0.15, 0.2) is 0 Å². The zero-order valence-electron chi connectivity index (χ0n) is 12.7. The standard InChI is InChI=1S/C16H21BrN2OS/c1-4-8-18-9-13-6-5-7-14(17)16(13)20-10-15-19-11(2)12(3)21-15/h5-7,18H,4,8-10H2,1-3H3. The normalized spacial score (nSPS) is 10.9. The minimum Gasteiger partial charge on any atom is -0.485 e. The van der Waals surface area contributed by atoms with Gasteiger partial charge in [-0.25, -0.2) is 4.98 Å². The van der Waals surface area contributed by atoms with Crippen molar-refractivity contribution in [3.63, 3.8) is 0 Å². The molecule has 5 heteroatoms. The van der Waals surface area contributed by atoms with Crippen molar-refractivity contribution in [2.75, 3.05) is 6.54 Å². The van der Waals surface area contributed by atoms with Gasteiger partial charge in [0.2, 0.25) is 0 Å². The maximum atomic E-state index is 6.01. The molecule has 0 aliphatic heterocycles. The van der Waals surface area contributed by atoms with Crippen LogP contribution < -0.4 is 10.1 Å². The predicted molar refractivity (Wildman–Crippen MR) is 92.1 cm³/mol. The number of rotatable bonds is 7. The fourth-order valence-corrected chi connectivity index (χ4v) is 3.36. The first kappa shape index (κ1) is 16.5. The second kappa shape index (κ2) is 7.92. The summed E-state index contributed by atoms with van der Waals surface area (Å²) < 4.78 is 7.00. The fourth-order valence-electron chi connectivity index (χ4n) is 1.99. The van der Waals surface area contributed by atoms with Crippen molar-refractivity contribution in [1.29, 1.82) is 0 Å². The average molecular weight is 369 g/mol. The summed E-state index contributed by atoms with van der Waals surface area (Å²) >= 11 is 5.28. The van der Waals surface area contributed by atoms with Gasteiger partial charge in [-0.2, -0.15) is 0 Å². The summed E-state index contributed by atoms with van der Waals surface area (Å²) in [4.78, 5) is 5.78. The summed E-state index contributed by atoms with van der Waals surface area (Å²) in [7, 11) is 0. The lowest BCUT2D eigenvalue weighted by Crippen LogP contribution is -2.14. The highest BCUT2D eigenvalue weighted by Crippen LogP contribution is 2.30. The first-order valence-electron chi connectivity index (χ1n) is 7.15. The number of benzene rings is 1. The van der Waals surface area contributed by atoms with Crippen molar-refractivity contribution in [2.24, 2.45) is 0 Å². The van der Waals surface area contributed by atoms with E-state index in [1.807, 2.05) is 19.1 Å². The Bertz CT molecular complexity index is 578. The second-order valence-electron chi connectivity index (χ2n) is 4.94. The predicted octanol–water partition coefficient (Wildman–Crippen LogP) is 4.60. The van der Waals surface area contributed by atoms with Gasteiger partial charge in [-0.1, -0.05) is 19.1 Å². The number of aromatic nitrogens is 1. The highest BCUT2D eigenvalue weighted by atomic mass is 79.9. The lowest BCUT2D eigenvalue weighted by Gasteiger charge is -2.13. The number of thiazole rings is 1. The smallest absolute Gasteiger partial charge is 0.140 e.